The molecule has 0 aliphatic heterocycles. The summed E-state index contributed by atoms with van der Waals surface area (Å²) >= 11 is 1.95. The highest BCUT2D eigenvalue weighted by Crippen LogP contribution is 2.17. The number of ether oxygens (including phenoxy) is 1. The number of halogens is 1. The second-order valence-electron chi connectivity index (χ2n) is 4.25. The van der Waals surface area contributed by atoms with Gasteiger partial charge in [-0.05, 0) is 35.6 Å². The molecule has 0 N–H and O–H groups in total. The number of hydrogen-bond acceptors (Lipinski definition) is 3. The molecule has 0 aliphatic rings. The number of methoxy groups -OCH3 is 1. The number of para-hydroxylation sites is 1. The molecule has 6 heteroatoms. The van der Waals surface area contributed by atoms with Gasteiger partial charge in [-0.25, -0.2) is 4.79 Å². The molecule has 0 aliphatic carbocycles. The largest absolute Gasteiger partial charge is 0.496 e. The molecular formula is C14H15IN2O3. The van der Waals surface area contributed by atoms with E-state index in [0.29, 0.717) is 15.9 Å². The number of hydrogen-bond donors (Lipinski definition) is 0. The smallest absolute Gasteiger partial charge is 0.331 e. The number of aromatic nitrogens is 2. The van der Waals surface area contributed by atoms with Crippen molar-refractivity contribution in [3.63, 3.8) is 0 Å². The van der Waals surface area contributed by atoms with Crippen molar-refractivity contribution in [3.8, 4) is 5.75 Å². The normalized spacial score (nSPS) is 10.6. The molecule has 2 aromatic rings. The van der Waals surface area contributed by atoms with Crippen LogP contribution in [0, 0.1) is 3.57 Å². The molecule has 2 rings (SSSR count). The molecule has 1 heterocycles. The van der Waals surface area contributed by atoms with Crippen LogP contribution in [0.4, 0.5) is 0 Å². The summed E-state index contributed by atoms with van der Waals surface area (Å²) in [6.45, 7) is 2.61. The van der Waals surface area contributed by atoms with E-state index >= 15 is 0 Å². The van der Waals surface area contributed by atoms with Crippen LogP contribution in [0.2, 0.25) is 0 Å². The molecule has 1 aromatic carbocycles. The average Bonchev–Trinajstić information content (AvgIpc) is 2.47. The van der Waals surface area contributed by atoms with Gasteiger partial charge in [0.2, 0.25) is 0 Å². The van der Waals surface area contributed by atoms with Gasteiger partial charge in [0.25, 0.3) is 5.56 Å². The lowest BCUT2D eigenvalue weighted by atomic mass is 10.2. The van der Waals surface area contributed by atoms with Crippen molar-refractivity contribution in [1.29, 1.82) is 0 Å². The molecule has 0 radical (unpaired) electrons. The van der Waals surface area contributed by atoms with Gasteiger partial charge in [0.15, 0.2) is 0 Å². The summed E-state index contributed by atoms with van der Waals surface area (Å²) in [5.74, 6) is 0.667. The van der Waals surface area contributed by atoms with E-state index in [1.54, 1.807) is 13.3 Å². The first-order chi connectivity index (χ1) is 9.58. The third kappa shape index (κ3) is 2.79. The molecule has 0 saturated carbocycles. The van der Waals surface area contributed by atoms with Crippen molar-refractivity contribution >= 4 is 22.6 Å². The van der Waals surface area contributed by atoms with Gasteiger partial charge in [0.05, 0.1) is 17.2 Å². The molecule has 5 nitrogen and oxygen atoms in total. The zero-order chi connectivity index (χ0) is 14.7. The average molecular weight is 386 g/mol. The lowest BCUT2D eigenvalue weighted by Gasteiger charge is -2.12. The minimum atomic E-state index is -0.302. The van der Waals surface area contributed by atoms with Crippen molar-refractivity contribution < 1.29 is 4.74 Å². The molecule has 0 saturated heterocycles. The Bertz CT molecular complexity index is 734. The first kappa shape index (κ1) is 14.8. The van der Waals surface area contributed by atoms with Gasteiger partial charge in [-0.1, -0.05) is 18.2 Å². The predicted molar refractivity (Wildman–Crippen MR) is 85.4 cm³/mol. The zero-order valence-corrected chi connectivity index (χ0v) is 13.5. The van der Waals surface area contributed by atoms with Gasteiger partial charge >= 0.3 is 5.69 Å². The maximum Gasteiger partial charge on any atom is 0.331 e. The Balaban J connectivity index is 2.57. The molecule has 0 fully saturated rings. The first-order valence-electron chi connectivity index (χ1n) is 6.20. The van der Waals surface area contributed by atoms with Crippen molar-refractivity contribution in [2.75, 3.05) is 7.11 Å². The number of rotatable bonds is 4. The van der Waals surface area contributed by atoms with Crippen LogP contribution < -0.4 is 16.0 Å². The molecule has 1 aromatic heterocycles. The van der Waals surface area contributed by atoms with E-state index in [9.17, 15) is 9.59 Å². The highest BCUT2D eigenvalue weighted by atomic mass is 127. The topological polar surface area (TPSA) is 53.2 Å². The highest BCUT2D eigenvalue weighted by molar-refractivity contribution is 14.1. The molecule has 0 amide bonds. The van der Waals surface area contributed by atoms with Crippen LogP contribution in [-0.4, -0.2) is 16.2 Å². The Morgan fingerprint density at radius 3 is 2.60 bits per heavy atom. The number of nitrogens with zero attached hydrogens (tertiary/aromatic N) is 2. The van der Waals surface area contributed by atoms with E-state index < -0.39 is 0 Å². The predicted octanol–water partition coefficient (Wildman–Crippen LogP) is 1.69. The lowest BCUT2D eigenvalue weighted by molar-refractivity contribution is 0.407. The fourth-order valence-electron chi connectivity index (χ4n) is 1.99. The van der Waals surface area contributed by atoms with Crippen molar-refractivity contribution in [2.45, 2.75) is 20.0 Å². The van der Waals surface area contributed by atoms with E-state index in [-0.39, 0.29) is 17.8 Å². The number of benzene rings is 1. The van der Waals surface area contributed by atoms with Gasteiger partial charge in [-0.15, -0.1) is 0 Å². The van der Waals surface area contributed by atoms with E-state index in [1.165, 1.54) is 9.13 Å². The molecule has 0 bridgehead atoms. The zero-order valence-electron chi connectivity index (χ0n) is 11.3. The monoisotopic (exact) mass is 386 g/mol. The fourth-order valence-corrected chi connectivity index (χ4v) is 2.62. The lowest BCUT2D eigenvalue weighted by Crippen LogP contribution is -2.41. The summed E-state index contributed by atoms with van der Waals surface area (Å²) in [5, 5.41) is 0. The van der Waals surface area contributed by atoms with Crippen LogP contribution in [0.3, 0.4) is 0 Å². The third-order valence-electron chi connectivity index (χ3n) is 3.06. The second kappa shape index (κ2) is 6.25. The molecule has 20 heavy (non-hydrogen) atoms. The van der Waals surface area contributed by atoms with Gasteiger partial charge in [-0.3, -0.25) is 13.9 Å². The molecule has 0 spiro atoms. The van der Waals surface area contributed by atoms with Crippen LogP contribution >= 0.6 is 22.6 Å². The quantitative estimate of drug-likeness (QED) is 0.752. The van der Waals surface area contributed by atoms with E-state index in [0.717, 1.165) is 5.56 Å². The minimum Gasteiger partial charge on any atom is -0.496 e. The minimum absolute atomic E-state index is 0.207. The van der Waals surface area contributed by atoms with Crippen LogP contribution in [0.1, 0.15) is 12.5 Å². The van der Waals surface area contributed by atoms with Gasteiger partial charge in [-0.2, -0.15) is 0 Å². The summed E-state index contributed by atoms with van der Waals surface area (Å²) in [5.41, 5.74) is 0.230. The Labute approximate surface area is 130 Å². The Hall–Kier alpha value is -1.57. The maximum absolute atomic E-state index is 12.3. The van der Waals surface area contributed by atoms with E-state index in [2.05, 4.69) is 0 Å². The molecule has 106 valence electrons. The fraction of sp³-hybridized carbons (Fsp3) is 0.286. The molecule has 0 atom stereocenters. The van der Waals surface area contributed by atoms with Gasteiger partial charge < -0.3 is 4.74 Å². The van der Waals surface area contributed by atoms with Crippen LogP contribution in [0.15, 0.2) is 40.1 Å². The van der Waals surface area contributed by atoms with Gasteiger partial charge in [0, 0.05) is 18.3 Å². The second-order valence-corrected chi connectivity index (χ2v) is 5.41. The summed E-state index contributed by atoms with van der Waals surface area (Å²) in [6.07, 6.45) is 1.59. The summed E-state index contributed by atoms with van der Waals surface area (Å²) in [7, 11) is 1.57. The molecule has 0 unspecified atom stereocenters. The van der Waals surface area contributed by atoms with Gasteiger partial charge in [0.1, 0.15) is 5.75 Å². The third-order valence-corrected chi connectivity index (χ3v) is 3.80. The highest BCUT2D eigenvalue weighted by Gasteiger charge is 2.11. The van der Waals surface area contributed by atoms with E-state index in [1.807, 2.05) is 53.8 Å². The SMILES string of the molecule is CCn1cc(I)c(=O)n(Cc2ccccc2OC)c1=O. The molecular weight excluding hydrogens is 371 g/mol. The summed E-state index contributed by atoms with van der Waals surface area (Å²) in [6, 6.07) is 7.37. The summed E-state index contributed by atoms with van der Waals surface area (Å²) in [4.78, 5) is 24.4. The van der Waals surface area contributed by atoms with E-state index in [4.69, 9.17) is 4.74 Å². The first-order valence-corrected chi connectivity index (χ1v) is 7.28. The van der Waals surface area contributed by atoms with Crippen LogP contribution in [-0.2, 0) is 13.1 Å². The van der Waals surface area contributed by atoms with Crippen LogP contribution in [0.5, 0.6) is 5.75 Å². The van der Waals surface area contributed by atoms with Crippen LogP contribution in [0.25, 0.3) is 0 Å². The Kier molecular flexibility index (Phi) is 4.64. The van der Waals surface area contributed by atoms with Crippen molar-refractivity contribution in [2.24, 2.45) is 0 Å². The van der Waals surface area contributed by atoms with Crippen molar-refractivity contribution in [3.05, 3.63) is 60.4 Å². The van der Waals surface area contributed by atoms with Crippen molar-refractivity contribution in [1.82, 2.24) is 9.13 Å². The number of aryl methyl sites for hydroxylation is 1. The summed E-state index contributed by atoms with van der Waals surface area (Å²) < 4.78 is 8.55. The Morgan fingerprint density at radius 1 is 1.25 bits per heavy atom. The Morgan fingerprint density at radius 2 is 1.95 bits per heavy atom. The standard InChI is InChI=1S/C14H15IN2O3/c1-3-16-9-11(15)13(18)17(14(16)19)8-10-6-4-5-7-12(10)20-2/h4-7,9H,3,8H2,1-2H3. The maximum atomic E-state index is 12.3.